The maximum absolute atomic E-state index is 11.9. The molecule has 0 saturated carbocycles. The first-order valence-electron chi connectivity index (χ1n) is 7.66. The number of amides is 1. The van der Waals surface area contributed by atoms with Gasteiger partial charge in [-0.1, -0.05) is 18.2 Å². The first-order valence-corrected chi connectivity index (χ1v) is 9.05. The molecule has 6 nitrogen and oxygen atoms in total. The van der Waals surface area contributed by atoms with Crippen LogP contribution in [0.1, 0.15) is 12.0 Å². The van der Waals surface area contributed by atoms with E-state index in [0.717, 1.165) is 16.5 Å². The predicted molar refractivity (Wildman–Crippen MR) is 96.0 cm³/mol. The van der Waals surface area contributed by atoms with Gasteiger partial charge >= 0.3 is 5.97 Å². The number of pyridine rings is 1. The van der Waals surface area contributed by atoms with Crippen LogP contribution in [0.25, 0.3) is 10.9 Å². The lowest BCUT2D eigenvalue weighted by Crippen LogP contribution is -2.44. The van der Waals surface area contributed by atoms with Gasteiger partial charge in [0, 0.05) is 18.1 Å². The van der Waals surface area contributed by atoms with Crippen LogP contribution in [0.15, 0.2) is 36.5 Å². The average molecular weight is 347 g/mol. The molecule has 0 radical (unpaired) electrons. The Balaban J connectivity index is 1.86. The van der Waals surface area contributed by atoms with Gasteiger partial charge in [0.2, 0.25) is 5.91 Å². The fourth-order valence-corrected chi connectivity index (χ4v) is 2.83. The molecule has 2 rings (SSSR count). The highest BCUT2D eigenvalue weighted by Crippen LogP contribution is 2.15. The Morgan fingerprint density at radius 1 is 1.29 bits per heavy atom. The first kappa shape index (κ1) is 18.2. The summed E-state index contributed by atoms with van der Waals surface area (Å²) in [6.07, 6.45) is 4.06. The molecule has 3 N–H and O–H groups in total. The number of aliphatic carboxylic acids is 1. The second-order valence-corrected chi connectivity index (χ2v) is 6.32. The van der Waals surface area contributed by atoms with Crippen LogP contribution in [0.4, 0.5) is 0 Å². The monoisotopic (exact) mass is 347 g/mol. The third kappa shape index (κ3) is 5.21. The molecule has 0 bridgehead atoms. The van der Waals surface area contributed by atoms with E-state index >= 15 is 0 Å². The summed E-state index contributed by atoms with van der Waals surface area (Å²) in [6.45, 7) is 0.582. The zero-order chi connectivity index (χ0) is 17.4. The van der Waals surface area contributed by atoms with E-state index < -0.39 is 12.0 Å². The van der Waals surface area contributed by atoms with Crippen LogP contribution in [0.2, 0.25) is 0 Å². The molecular formula is C17H21N3O3S. The van der Waals surface area contributed by atoms with Crippen LogP contribution in [0, 0.1) is 0 Å². The van der Waals surface area contributed by atoms with Crippen molar-refractivity contribution in [1.29, 1.82) is 0 Å². The number of thioether (sulfide) groups is 1. The number of para-hydroxylation sites is 1. The molecule has 24 heavy (non-hydrogen) atoms. The fourth-order valence-electron chi connectivity index (χ4n) is 2.36. The van der Waals surface area contributed by atoms with E-state index in [1.165, 1.54) is 0 Å². The quantitative estimate of drug-likeness (QED) is 0.639. The van der Waals surface area contributed by atoms with E-state index in [4.69, 9.17) is 5.11 Å². The van der Waals surface area contributed by atoms with Crippen molar-refractivity contribution in [3.8, 4) is 0 Å². The van der Waals surface area contributed by atoms with Crippen molar-refractivity contribution in [3.05, 3.63) is 42.1 Å². The number of aromatic nitrogens is 1. The summed E-state index contributed by atoms with van der Waals surface area (Å²) in [5, 5.41) is 15.8. The topological polar surface area (TPSA) is 91.3 Å². The van der Waals surface area contributed by atoms with Gasteiger partial charge in [-0.05, 0) is 36.1 Å². The minimum absolute atomic E-state index is 0.0691. The molecule has 1 atom stereocenters. The molecule has 0 unspecified atom stereocenters. The number of nitrogens with zero attached hydrogens (tertiary/aromatic N) is 1. The summed E-state index contributed by atoms with van der Waals surface area (Å²) in [7, 11) is 0. The molecule has 1 aromatic carbocycles. The summed E-state index contributed by atoms with van der Waals surface area (Å²) in [5.74, 6) is -0.632. The molecule has 1 aromatic heterocycles. The number of carbonyl (C=O) groups is 2. The number of carboxylic acids is 1. The summed E-state index contributed by atoms with van der Waals surface area (Å²) < 4.78 is 0. The minimum atomic E-state index is -1.00. The van der Waals surface area contributed by atoms with Gasteiger partial charge in [0.05, 0.1) is 12.1 Å². The highest BCUT2D eigenvalue weighted by atomic mass is 32.2. The highest BCUT2D eigenvalue weighted by molar-refractivity contribution is 7.98. The van der Waals surface area contributed by atoms with Crippen LogP contribution in [-0.4, -0.2) is 46.6 Å². The summed E-state index contributed by atoms with van der Waals surface area (Å²) in [4.78, 5) is 27.3. The Hall–Kier alpha value is -2.12. The number of carboxylic acid groups (broad SMARTS) is 1. The molecule has 0 saturated heterocycles. The normalized spacial score (nSPS) is 12.0. The maximum atomic E-state index is 11.9. The largest absolute Gasteiger partial charge is 0.480 e. The van der Waals surface area contributed by atoms with Crippen LogP contribution in [0.5, 0.6) is 0 Å². The summed E-state index contributed by atoms with van der Waals surface area (Å²) in [5.41, 5.74) is 1.95. The second kappa shape index (κ2) is 9.24. The zero-order valence-corrected chi connectivity index (χ0v) is 14.3. The number of nitrogens with one attached hydrogen (secondary N) is 2. The van der Waals surface area contributed by atoms with E-state index in [1.54, 1.807) is 18.0 Å². The predicted octanol–water partition coefficient (Wildman–Crippen LogP) is 1.65. The third-order valence-electron chi connectivity index (χ3n) is 3.58. The number of rotatable bonds is 9. The highest BCUT2D eigenvalue weighted by Gasteiger charge is 2.18. The van der Waals surface area contributed by atoms with Crippen molar-refractivity contribution in [2.45, 2.75) is 19.0 Å². The van der Waals surface area contributed by atoms with E-state index in [1.807, 2.05) is 36.6 Å². The van der Waals surface area contributed by atoms with Gasteiger partial charge in [-0.2, -0.15) is 11.8 Å². The second-order valence-electron chi connectivity index (χ2n) is 5.33. The van der Waals surface area contributed by atoms with Crippen LogP contribution >= 0.6 is 11.8 Å². The molecular weight excluding hydrogens is 326 g/mol. The van der Waals surface area contributed by atoms with Crippen LogP contribution in [-0.2, 0) is 16.1 Å². The summed E-state index contributed by atoms with van der Waals surface area (Å²) >= 11 is 1.55. The Morgan fingerprint density at radius 2 is 2.08 bits per heavy atom. The van der Waals surface area contributed by atoms with Gasteiger partial charge in [0.25, 0.3) is 0 Å². The molecule has 128 valence electrons. The van der Waals surface area contributed by atoms with Crippen molar-refractivity contribution < 1.29 is 14.7 Å². The van der Waals surface area contributed by atoms with Crippen molar-refractivity contribution in [3.63, 3.8) is 0 Å². The molecule has 1 amide bonds. The van der Waals surface area contributed by atoms with Gasteiger partial charge in [-0.15, -0.1) is 0 Å². The molecule has 0 aliphatic heterocycles. The van der Waals surface area contributed by atoms with Gasteiger partial charge in [-0.25, -0.2) is 4.79 Å². The fraction of sp³-hybridized carbons (Fsp3) is 0.353. The Kier molecular flexibility index (Phi) is 7.02. The minimum Gasteiger partial charge on any atom is -0.480 e. The van der Waals surface area contributed by atoms with Crippen LogP contribution < -0.4 is 10.6 Å². The molecule has 0 aliphatic rings. The molecule has 1 heterocycles. The van der Waals surface area contributed by atoms with Crippen molar-refractivity contribution >= 4 is 34.5 Å². The smallest absolute Gasteiger partial charge is 0.326 e. The van der Waals surface area contributed by atoms with E-state index in [9.17, 15) is 9.59 Å². The molecule has 0 aliphatic carbocycles. The molecule has 2 aromatic rings. The Morgan fingerprint density at radius 3 is 2.83 bits per heavy atom. The lowest BCUT2D eigenvalue weighted by Gasteiger charge is -2.14. The molecule has 0 spiro atoms. The van der Waals surface area contributed by atoms with E-state index in [2.05, 4.69) is 15.6 Å². The van der Waals surface area contributed by atoms with Crippen molar-refractivity contribution in [2.75, 3.05) is 18.6 Å². The van der Waals surface area contributed by atoms with Gasteiger partial charge < -0.3 is 15.7 Å². The Bertz CT molecular complexity index is 703. The lowest BCUT2D eigenvalue weighted by atomic mass is 10.1. The maximum Gasteiger partial charge on any atom is 0.326 e. The number of hydrogen-bond donors (Lipinski definition) is 3. The standard InChI is InChI=1S/C17H21N3O3S/c1-24-9-7-15(17(22)23)20-16(21)11-18-10-12-6-8-19-14-5-3-2-4-13(12)14/h2-6,8,15,18H,7,9-11H2,1H3,(H,20,21)(H,22,23)/t15-/m0/s1. The number of hydrogen-bond acceptors (Lipinski definition) is 5. The SMILES string of the molecule is CSCC[C@H](NC(=O)CNCc1ccnc2ccccc12)C(=O)O. The third-order valence-corrected chi connectivity index (χ3v) is 4.23. The number of fused-ring (bicyclic) bond motifs is 1. The number of carbonyl (C=O) groups excluding carboxylic acids is 1. The van der Waals surface area contributed by atoms with Crippen LogP contribution in [0.3, 0.4) is 0 Å². The number of benzene rings is 1. The van der Waals surface area contributed by atoms with Gasteiger partial charge in [-0.3, -0.25) is 9.78 Å². The van der Waals surface area contributed by atoms with Gasteiger partial charge in [0.15, 0.2) is 0 Å². The lowest BCUT2D eigenvalue weighted by molar-refractivity contribution is -0.141. The van der Waals surface area contributed by atoms with E-state index in [0.29, 0.717) is 18.7 Å². The van der Waals surface area contributed by atoms with Gasteiger partial charge in [0.1, 0.15) is 6.04 Å². The average Bonchev–Trinajstić information content (AvgIpc) is 2.58. The zero-order valence-electron chi connectivity index (χ0n) is 13.5. The van der Waals surface area contributed by atoms with Crippen molar-refractivity contribution in [1.82, 2.24) is 15.6 Å². The summed E-state index contributed by atoms with van der Waals surface area (Å²) in [6, 6.07) is 8.88. The van der Waals surface area contributed by atoms with Crippen molar-refractivity contribution in [2.24, 2.45) is 0 Å². The molecule has 7 heteroatoms. The first-order chi connectivity index (χ1) is 11.6. The molecule has 0 fully saturated rings. The Labute approximate surface area is 145 Å². The van der Waals surface area contributed by atoms with E-state index in [-0.39, 0.29) is 12.5 Å².